The molecule has 0 aliphatic carbocycles. The van der Waals surface area contributed by atoms with Crippen molar-refractivity contribution in [2.75, 3.05) is 11.9 Å². The highest BCUT2D eigenvalue weighted by molar-refractivity contribution is 6.31. The van der Waals surface area contributed by atoms with Gasteiger partial charge in [0.05, 0.1) is 5.02 Å². The van der Waals surface area contributed by atoms with E-state index >= 15 is 0 Å². The first-order valence-electron chi connectivity index (χ1n) is 6.75. The third-order valence-corrected chi connectivity index (χ3v) is 3.66. The van der Waals surface area contributed by atoms with Crippen LogP contribution in [0, 0.1) is 5.82 Å². The minimum absolute atomic E-state index is 0.0188. The first-order valence-corrected chi connectivity index (χ1v) is 7.51. The van der Waals surface area contributed by atoms with Gasteiger partial charge in [0.2, 0.25) is 5.91 Å². The Hall–Kier alpha value is -1.62. The minimum Gasteiger partial charge on any atom is -0.326 e. The largest absolute Gasteiger partial charge is 0.326 e. The van der Waals surface area contributed by atoms with Crippen LogP contribution in [0.3, 0.4) is 0 Å². The lowest BCUT2D eigenvalue weighted by Crippen LogP contribution is -2.21. The summed E-state index contributed by atoms with van der Waals surface area (Å²) in [6.07, 6.45) is 0.291. The highest BCUT2D eigenvalue weighted by Crippen LogP contribution is 2.19. The smallest absolute Gasteiger partial charge is 0.225 e. The van der Waals surface area contributed by atoms with E-state index < -0.39 is 5.82 Å². The zero-order valence-electron chi connectivity index (χ0n) is 11.7. The summed E-state index contributed by atoms with van der Waals surface area (Å²) in [7, 11) is 0. The molecule has 0 aromatic heterocycles. The Balaban J connectivity index is 1.74. The van der Waals surface area contributed by atoms with Gasteiger partial charge in [-0.1, -0.05) is 41.4 Å². The third-order valence-electron chi connectivity index (χ3n) is 3.01. The third kappa shape index (κ3) is 4.98. The zero-order chi connectivity index (χ0) is 15.9. The molecule has 2 aromatic carbocycles. The molecular formula is C16H15Cl2FN2O. The topological polar surface area (TPSA) is 41.1 Å². The average molecular weight is 341 g/mol. The summed E-state index contributed by atoms with van der Waals surface area (Å²) in [5.74, 6) is -0.685. The Morgan fingerprint density at radius 3 is 2.59 bits per heavy atom. The van der Waals surface area contributed by atoms with E-state index in [-0.39, 0.29) is 10.9 Å². The van der Waals surface area contributed by atoms with E-state index in [1.807, 2.05) is 24.3 Å². The normalized spacial score (nSPS) is 10.5. The number of carbonyl (C=O) groups excluding carboxylic acids is 1. The molecule has 0 saturated heterocycles. The van der Waals surface area contributed by atoms with Crippen molar-refractivity contribution >= 4 is 34.8 Å². The van der Waals surface area contributed by atoms with E-state index in [4.69, 9.17) is 23.2 Å². The van der Waals surface area contributed by atoms with Gasteiger partial charge in [-0.15, -0.1) is 0 Å². The molecule has 116 valence electrons. The predicted molar refractivity (Wildman–Crippen MR) is 87.8 cm³/mol. The van der Waals surface area contributed by atoms with Gasteiger partial charge < -0.3 is 10.6 Å². The van der Waals surface area contributed by atoms with E-state index in [1.54, 1.807) is 0 Å². The number of hydrogen-bond donors (Lipinski definition) is 2. The monoisotopic (exact) mass is 340 g/mol. The molecule has 0 unspecified atom stereocenters. The molecule has 0 atom stereocenters. The highest BCUT2D eigenvalue weighted by atomic mass is 35.5. The van der Waals surface area contributed by atoms with Crippen molar-refractivity contribution in [1.82, 2.24) is 5.32 Å². The standard InChI is InChI=1S/C16H15Cl2FN2O/c17-13-4-2-1-3-11(13)10-20-8-7-16(22)21-12-5-6-15(19)14(18)9-12/h1-6,9,20H,7-8,10H2,(H,21,22). The summed E-state index contributed by atoms with van der Waals surface area (Å²) < 4.78 is 13.0. The molecule has 0 radical (unpaired) electrons. The Morgan fingerprint density at radius 1 is 1.09 bits per heavy atom. The van der Waals surface area contributed by atoms with Gasteiger partial charge in [-0.05, 0) is 29.8 Å². The van der Waals surface area contributed by atoms with Crippen LogP contribution >= 0.6 is 23.2 Å². The van der Waals surface area contributed by atoms with E-state index in [1.165, 1.54) is 18.2 Å². The molecule has 0 bridgehead atoms. The fourth-order valence-corrected chi connectivity index (χ4v) is 2.25. The molecule has 0 heterocycles. The van der Waals surface area contributed by atoms with Crippen LogP contribution in [0.1, 0.15) is 12.0 Å². The van der Waals surface area contributed by atoms with Gasteiger partial charge in [0.15, 0.2) is 0 Å². The van der Waals surface area contributed by atoms with Crippen LogP contribution in [0.2, 0.25) is 10.0 Å². The number of halogens is 3. The van der Waals surface area contributed by atoms with Crippen molar-refractivity contribution in [3.63, 3.8) is 0 Å². The van der Waals surface area contributed by atoms with E-state index in [9.17, 15) is 9.18 Å². The molecule has 3 nitrogen and oxygen atoms in total. The van der Waals surface area contributed by atoms with Crippen LogP contribution in [0.15, 0.2) is 42.5 Å². The first kappa shape index (κ1) is 16.7. The molecule has 0 aliphatic heterocycles. The lowest BCUT2D eigenvalue weighted by molar-refractivity contribution is -0.116. The number of anilines is 1. The van der Waals surface area contributed by atoms with Crippen molar-refractivity contribution in [3.05, 3.63) is 63.9 Å². The number of hydrogen-bond acceptors (Lipinski definition) is 2. The SMILES string of the molecule is O=C(CCNCc1ccccc1Cl)Nc1ccc(F)c(Cl)c1. The fraction of sp³-hybridized carbons (Fsp3) is 0.188. The maximum absolute atomic E-state index is 13.0. The van der Waals surface area contributed by atoms with Gasteiger partial charge in [-0.25, -0.2) is 4.39 Å². The van der Waals surface area contributed by atoms with E-state index in [0.717, 1.165) is 5.56 Å². The number of nitrogens with one attached hydrogen (secondary N) is 2. The van der Waals surface area contributed by atoms with Gasteiger partial charge in [-0.3, -0.25) is 4.79 Å². The number of carbonyl (C=O) groups is 1. The first-order chi connectivity index (χ1) is 10.6. The van der Waals surface area contributed by atoms with Crippen LogP contribution < -0.4 is 10.6 Å². The molecule has 6 heteroatoms. The quantitative estimate of drug-likeness (QED) is 0.771. The van der Waals surface area contributed by atoms with Crippen LogP contribution in [0.4, 0.5) is 10.1 Å². The van der Waals surface area contributed by atoms with Crippen LogP contribution in [0.25, 0.3) is 0 Å². The molecule has 22 heavy (non-hydrogen) atoms. The van der Waals surface area contributed by atoms with Crippen LogP contribution in [-0.4, -0.2) is 12.5 Å². The average Bonchev–Trinajstić information content (AvgIpc) is 2.49. The summed E-state index contributed by atoms with van der Waals surface area (Å²) in [5.41, 5.74) is 1.46. The van der Waals surface area contributed by atoms with Gasteiger partial charge in [0.1, 0.15) is 5.82 Å². The molecule has 0 aliphatic rings. The number of benzene rings is 2. The van der Waals surface area contributed by atoms with Crippen molar-refractivity contribution in [1.29, 1.82) is 0 Å². The lowest BCUT2D eigenvalue weighted by Gasteiger charge is -2.08. The van der Waals surface area contributed by atoms with Crippen LogP contribution in [-0.2, 0) is 11.3 Å². The molecular weight excluding hydrogens is 326 g/mol. The second-order valence-electron chi connectivity index (χ2n) is 4.70. The number of amides is 1. The van der Waals surface area contributed by atoms with E-state index in [2.05, 4.69) is 10.6 Å². The second kappa shape index (κ2) is 8.13. The van der Waals surface area contributed by atoms with Crippen molar-refractivity contribution in [2.45, 2.75) is 13.0 Å². The summed E-state index contributed by atoms with van der Waals surface area (Å²) in [5, 5.41) is 6.49. The molecule has 2 aromatic rings. The molecule has 0 saturated carbocycles. The molecule has 0 fully saturated rings. The highest BCUT2D eigenvalue weighted by Gasteiger charge is 2.05. The van der Waals surface area contributed by atoms with Gasteiger partial charge in [0.25, 0.3) is 0 Å². The zero-order valence-corrected chi connectivity index (χ0v) is 13.2. The summed E-state index contributed by atoms with van der Waals surface area (Å²) in [4.78, 5) is 11.8. The van der Waals surface area contributed by atoms with Gasteiger partial charge in [0, 0.05) is 30.2 Å². The Morgan fingerprint density at radius 2 is 1.86 bits per heavy atom. The van der Waals surface area contributed by atoms with Gasteiger partial charge in [-0.2, -0.15) is 0 Å². The maximum atomic E-state index is 13.0. The molecule has 2 rings (SSSR count). The van der Waals surface area contributed by atoms with Crippen molar-refractivity contribution < 1.29 is 9.18 Å². The Labute approximate surface area is 138 Å². The summed E-state index contributed by atoms with van der Waals surface area (Å²) in [6.45, 7) is 1.10. The molecule has 2 N–H and O–H groups in total. The summed E-state index contributed by atoms with van der Waals surface area (Å²) in [6, 6.07) is 11.6. The Kier molecular flexibility index (Phi) is 6.19. The Bertz CT molecular complexity index is 664. The second-order valence-corrected chi connectivity index (χ2v) is 5.51. The van der Waals surface area contributed by atoms with Crippen molar-refractivity contribution in [2.24, 2.45) is 0 Å². The van der Waals surface area contributed by atoms with Crippen molar-refractivity contribution in [3.8, 4) is 0 Å². The lowest BCUT2D eigenvalue weighted by atomic mass is 10.2. The number of rotatable bonds is 6. The predicted octanol–water partition coefficient (Wildman–Crippen LogP) is 4.25. The van der Waals surface area contributed by atoms with Crippen LogP contribution in [0.5, 0.6) is 0 Å². The molecule has 0 spiro atoms. The fourth-order valence-electron chi connectivity index (χ4n) is 1.86. The van der Waals surface area contributed by atoms with Gasteiger partial charge >= 0.3 is 0 Å². The van der Waals surface area contributed by atoms with E-state index in [0.29, 0.717) is 30.2 Å². The maximum Gasteiger partial charge on any atom is 0.225 e. The minimum atomic E-state index is -0.513. The summed E-state index contributed by atoms with van der Waals surface area (Å²) >= 11 is 11.7. The molecule has 1 amide bonds.